The van der Waals surface area contributed by atoms with E-state index in [4.69, 9.17) is 9.47 Å². The average Bonchev–Trinajstić information content (AvgIpc) is 2.86. The van der Waals surface area contributed by atoms with Crippen molar-refractivity contribution in [1.82, 2.24) is 0 Å². The second-order valence-electron chi connectivity index (χ2n) is 6.76. The molecular weight excluding hydrogens is 324 g/mol. The molecule has 1 heterocycles. The van der Waals surface area contributed by atoms with Crippen LogP contribution in [0.2, 0.25) is 0 Å². The molecule has 1 aliphatic heterocycles. The summed E-state index contributed by atoms with van der Waals surface area (Å²) in [6.07, 6.45) is 4.44. The SMILES string of the molecule is C=C1C(=O)OC2/C=C(/CO)CC/C=C(/C)CC(OC(=O)C(C)CO)C12. The number of ether oxygens (including phenoxy) is 2. The summed E-state index contributed by atoms with van der Waals surface area (Å²) in [5.74, 6) is -2.19. The number of hydrogen-bond acceptors (Lipinski definition) is 6. The predicted molar refractivity (Wildman–Crippen MR) is 91.4 cm³/mol. The molecule has 0 aromatic heterocycles. The maximum absolute atomic E-state index is 12.2. The Morgan fingerprint density at radius 3 is 2.84 bits per heavy atom. The molecule has 2 N–H and O–H groups in total. The van der Waals surface area contributed by atoms with Crippen LogP contribution in [0.5, 0.6) is 0 Å². The van der Waals surface area contributed by atoms with Gasteiger partial charge in [-0.1, -0.05) is 18.2 Å². The van der Waals surface area contributed by atoms with Gasteiger partial charge in [0, 0.05) is 12.0 Å². The molecular formula is C19H26O6. The third kappa shape index (κ3) is 4.58. The number of fused-ring (bicyclic) bond motifs is 1. The van der Waals surface area contributed by atoms with Crippen molar-refractivity contribution in [2.45, 2.75) is 45.3 Å². The summed E-state index contributed by atoms with van der Waals surface area (Å²) in [7, 11) is 0. The summed E-state index contributed by atoms with van der Waals surface area (Å²) in [4.78, 5) is 24.2. The molecule has 2 aliphatic rings. The molecule has 1 fully saturated rings. The highest BCUT2D eigenvalue weighted by atomic mass is 16.6. The number of carbonyl (C=O) groups excluding carboxylic acids is 2. The van der Waals surface area contributed by atoms with Gasteiger partial charge in [0.15, 0.2) is 0 Å². The number of esters is 2. The number of aliphatic hydroxyl groups excluding tert-OH is 2. The summed E-state index contributed by atoms with van der Waals surface area (Å²) >= 11 is 0. The quantitative estimate of drug-likeness (QED) is 0.455. The normalized spacial score (nSPS) is 32.6. The van der Waals surface area contributed by atoms with E-state index in [-0.39, 0.29) is 18.8 Å². The Hall–Kier alpha value is -1.92. The van der Waals surface area contributed by atoms with Gasteiger partial charge in [-0.2, -0.15) is 0 Å². The van der Waals surface area contributed by atoms with Gasteiger partial charge in [-0.25, -0.2) is 4.79 Å². The van der Waals surface area contributed by atoms with Crippen molar-refractivity contribution >= 4 is 11.9 Å². The molecule has 0 aromatic carbocycles. The fourth-order valence-electron chi connectivity index (χ4n) is 3.11. The predicted octanol–water partition coefficient (Wildman–Crippen LogP) is 1.67. The Morgan fingerprint density at radius 2 is 2.20 bits per heavy atom. The molecule has 138 valence electrons. The van der Waals surface area contributed by atoms with Crippen molar-refractivity contribution in [1.29, 1.82) is 0 Å². The lowest BCUT2D eigenvalue weighted by Crippen LogP contribution is -2.35. The number of hydrogen-bond donors (Lipinski definition) is 2. The van der Waals surface area contributed by atoms with Crippen molar-refractivity contribution in [3.8, 4) is 0 Å². The van der Waals surface area contributed by atoms with Crippen LogP contribution in [0.15, 0.2) is 35.5 Å². The fourth-order valence-corrected chi connectivity index (χ4v) is 3.11. The highest BCUT2D eigenvalue weighted by molar-refractivity contribution is 5.91. The molecule has 6 heteroatoms. The van der Waals surface area contributed by atoms with Crippen LogP contribution >= 0.6 is 0 Å². The fraction of sp³-hybridized carbons (Fsp3) is 0.579. The number of aliphatic hydroxyl groups is 2. The monoisotopic (exact) mass is 350 g/mol. The number of rotatable bonds is 4. The summed E-state index contributed by atoms with van der Waals surface area (Å²) < 4.78 is 11.0. The Morgan fingerprint density at radius 1 is 1.48 bits per heavy atom. The first kappa shape index (κ1) is 19.4. The smallest absolute Gasteiger partial charge is 0.334 e. The summed E-state index contributed by atoms with van der Waals surface area (Å²) in [5.41, 5.74) is 2.07. The molecule has 4 unspecified atom stereocenters. The molecule has 0 amide bonds. The van der Waals surface area contributed by atoms with Gasteiger partial charge in [-0.05, 0) is 38.3 Å². The molecule has 0 aromatic rings. The van der Waals surface area contributed by atoms with Crippen molar-refractivity contribution in [2.75, 3.05) is 13.2 Å². The minimum Gasteiger partial charge on any atom is -0.461 e. The van der Waals surface area contributed by atoms with Crippen LogP contribution in [0, 0.1) is 11.8 Å². The van der Waals surface area contributed by atoms with Crippen LogP contribution in [0.4, 0.5) is 0 Å². The van der Waals surface area contributed by atoms with Crippen LogP contribution in [0.1, 0.15) is 33.1 Å². The van der Waals surface area contributed by atoms with Gasteiger partial charge in [0.05, 0.1) is 25.0 Å². The second-order valence-corrected chi connectivity index (χ2v) is 6.76. The Balaban J connectivity index is 2.37. The van der Waals surface area contributed by atoms with Crippen molar-refractivity contribution < 1.29 is 29.3 Å². The van der Waals surface area contributed by atoms with Crippen LogP contribution in [0.25, 0.3) is 0 Å². The molecule has 0 saturated carbocycles. The topological polar surface area (TPSA) is 93.1 Å². The maximum atomic E-state index is 12.2. The lowest BCUT2D eigenvalue weighted by molar-refractivity contribution is -0.157. The minimum atomic E-state index is -0.645. The molecule has 4 atom stereocenters. The lowest BCUT2D eigenvalue weighted by atomic mass is 9.85. The van der Waals surface area contributed by atoms with E-state index in [0.717, 1.165) is 17.6 Å². The van der Waals surface area contributed by atoms with Crippen molar-refractivity contribution in [2.24, 2.45) is 11.8 Å². The van der Waals surface area contributed by atoms with Crippen molar-refractivity contribution in [3.63, 3.8) is 0 Å². The van der Waals surface area contributed by atoms with E-state index in [1.54, 1.807) is 13.0 Å². The van der Waals surface area contributed by atoms with E-state index in [9.17, 15) is 19.8 Å². The largest absolute Gasteiger partial charge is 0.461 e. The zero-order valence-corrected chi connectivity index (χ0v) is 14.7. The van der Waals surface area contributed by atoms with Gasteiger partial charge in [0.1, 0.15) is 12.2 Å². The Bertz CT molecular complexity index is 603. The highest BCUT2D eigenvalue weighted by Crippen LogP contribution is 2.36. The van der Waals surface area contributed by atoms with E-state index < -0.39 is 36.0 Å². The molecule has 0 spiro atoms. The maximum Gasteiger partial charge on any atom is 0.334 e. The first-order valence-corrected chi connectivity index (χ1v) is 8.54. The van der Waals surface area contributed by atoms with Gasteiger partial charge >= 0.3 is 11.9 Å². The van der Waals surface area contributed by atoms with Gasteiger partial charge in [0.2, 0.25) is 0 Å². The Labute approximate surface area is 147 Å². The van der Waals surface area contributed by atoms with E-state index in [0.29, 0.717) is 12.8 Å². The van der Waals surface area contributed by atoms with E-state index in [2.05, 4.69) is 6.58 Å². The third-order valence-corrected chi connectivity index (χ3v) is 4.69. The molecule has 6 nitrogen and oxygen atoms in total. The van der Waals surface area contributed by atoms with Gasteiger partial charge in [-0.15, -0.1) is 0 Å². The van der Waals surface area contributed by atoms with Crippen molar-refractivity contribution in [3.05, 3.63) is 35.5 Å². The summed E-state index contributed by atoms with van der Waals surface area (Å²) in [5, 5.41) is 18.7. The molecule has 0 bridgehead atoms. The van der Waals surface area contributed by atoms with Gasteiger partial charge in [-0.3, -0.25) is 4.79 Å². The molecule has 1 aliphatic carbocycles. The first-order valence-electron chi connectivity index (χ1n) is 8.54. The second kappa shape index (κ2) is 8.45. The molecule has 25 heavy (non-hydrogen) atoms. The average molecular weight is 350 g/mol. The summed E-state index contributed by atoms with van der Waals surface area (Å²) in [6, 6.07) is 0. The third-order valence-electron chi connectivity index (χ3n) is 4.69. The van der Waals surface area contributed by atoms with Gasteiger partial charge in [0.25, 0.3) is 0 Å². The van der Waals surface area contributed by atoms with E-state index in [1.165, 1.54) is 0 Å². The zero-order valence-electron chi connectivity index (χ0n) is 14.7. The van der Waals surface area contributed by atoms with Crippen LogP contribution in [-0.2, 0) is 19.1 Å². The number of carbonyl (C=O) groups is 2. The standard InChI is InChI=1S/C19H26O6/c1-11-5-4-6-14(10-21)8-16-17(13(3)19(23)25-16)15(7-11)24-18(22)12(2)9-20/h5,8,12,15-17,20-21H,3-4,6-7,9-10H2,1-2H3/b11-5-,14-8+. The van der Waals surface area contributed by atoms with E-state index in [1.807, 2.05) is 13.0 Å². The molecule has 0 radical (unpaired) electrons. The lowest BCUT2D eigenvalue weighted by Gasteiger charge is -2.28. The molecule has 1 saturated heterocycles. The van der Waals surface area contributed by atoms with Gasteiger partial charge < -0.3 is 19.7 Å². The van der Waals surface area contributed by atoms with Crippen LogP contribution in [0.3, 0.4) is 0 Å². The highest BCUT2D eigenvalue weighted by Gasteiger charge is 2.44. The number of allylic oxidation sites excluding steroid dienone is 1. The first-order chi connectivity index (χ1) is 11.9. The minimum absolute atomic E-state index is 0.119. The molecule has 2 rings (SSSR count). The summed E-state index contributed by atoms with van der Waals surface area (Å²) in [6.45, 7) is 6.91. The van der Waals surface area contributed by atoms with Crippen LogP contribution in [-0.4, -0.2) is 47.6 Å². The van der Waals surface area contributed by atoms with Crippen LogP contribution < -0.4 is 0 Å². The zero-order chi connectivity index (χ0) is 18.6. The van der Waals surface area contributed by atoms with E-state index >= 15 is 0 Å². The Kier molecular flexibility index (Phi) is 6.56.